The highest BCUT2D eigenvalue weighted by molar-refractivity contribution is 5.86. The fourth-order valence-corrected chi connectivity index (χ4v) is 2.37. The van der Waals surface area contributed by atoms with Crippen LogP contribution in [0.15, 0.2) is 49.3 Å². The first-order valence-corrected chi connectivity index (χ1v) is 7.45. The molecule has 0 unspecified atom stereocenters. The lowest BCUT2D eigenvalue weighted by Gasteiger charge is -2.11. The molecule has 0 bridgehead atoms. The topological polar surface area (TPSA) is 114 Å². The van der Waals surface area contributed by atoms with E-state index in [-0.39, 0.29) is 0 Å². The lowest BCUT2D eigenvalue weighted by molar-refractivity contribution is 0.417. The standard InChI is InChI=1S/C16H14N8O/c1-25-13-5-11-10(7-21-24-11)4-12(13)22-15-6-16(20-9-19-15)23-14-2-3-17-8-18-14/h2-9H,1H3,(H,21,24)(H2,17,18,19,20,22,23). The molecular formula is C16H14N8O. The fraction of sp³-hybridized carbons (Fsp3) is 0.0625. The van der Waals surface area contributed by atoms with Gasteiger partial charge in [-0.15, -0.1) is 0 Å². The predicted molar refractivity (Wildman–Crippen MR) is 93.3 cm³/mol. The van der Waals surface area contributed by atoms with Gasteiger partial charge in [-0.1, -0.05) is 0 Å². The number of aromatic amines is 1. The van der Waals surface area contributed by atoms with Crippen LogP contribution in [0.3, 0.4) is 0 Å². The summed E-state index contributed by atoms with van der Waals surface area (Å²) < 4.78 is 5.43. The molecule has 124 valence electrons. The first kappa shape index (κ1) is 14.8. The van der Waals surface area contributed by atoms with Gasteiger partial charge >= 0.3 is 0 Å². The van der Waals surface area contributed by atoms with Crippen molar-refractivity contribution >= 4 is 34.0 Å². The molecule has 9 nitrogen and oxygen atoms in total. The van der Waals surface area contributed by atoms with Crippen LogP contribution in [0.25, 0.3) is 10.9 Å². The summed E-state index contributed by atoms with van der Waals surface area (Å²) >= 11 is 0. The molecule has 4 aromatic rings. The molecule has 9 heteroatoms. The lowest BCUT2D eigenvalue weighted by Crippen LogP contribution is -2.00. The Morgan fingerprint density at radius 2 is 1.80 bits per heavy atom. The zero-order chi connectivity index (χ0) is 17.1. The highest BCUT2D eigenvalue weighted by Crippen LogP contribution is 2.31. The number of ether oxygens (including phenoxy) is 1. The molecule has 0 aliphatic heterocycles. The first-order valence-electron chi connectivity index (χ1n) is 7.45. The van der Waals surface area contributed by atoms with Gasteiger partial charge in [0.05, 0.1) is 24.5 Å². The van der Waals surface area contributed by atoms with Crippen molar-refractivity contribution in [2.24, 2.45) is 0 Å². The molecule has 1 aromatic carbocycles. The first-order chi connectivity index (χ1) is 12.3. The summed E-state index contributed by atoms with van der Waals surface area (Å²) in [6.45, 7) is 0. The smallest absolute Gasteiger partial charge is 0.144 e. The van der Waals surface area contributed by atoms with E-state index in [1.165, 1.54) is 12.7 Å². The van der Waals surface area contributed by atoms with E-state index in [1.807, 2.05) is 12.1 Å². The number of aromatic nitrogens is 6. The van der Waals surface area contributed by atoms with Crippen LogP contribution in [0.2, 0.25) is 0 Å². The molecule has 0 aliphatic rings. The van der Waals surface area contributed by atoms with Gasteiger partial charge in [0.25, 0.3) is 0 Å². The van der Waals surface area contributed by atoms with Gasteiger partial charge in [0.2, 0.25) is 0 Å². The van der Waals surface area contributed by atoms with E-state index in [9.17, 15) is 0 Å². The molecular weight excluding hydrogens is 320 g/mol. The number of nitrogens with zero attached hydrogens (tertiary/aromatic N) is 5. The molecule has 3 aromatic heterocycles. The van der Waals surface area contributed by atoms with Gasteiger partial charge in [0, 0.05) is 23.7 Å². The van der Waals surface area contributed by atoms with Crippen molar-refractivity contribution in [2.75, 3.05) is 17.7 Å². The molecule has 0 radical (unpaired) electrons. The summed E-state index contributed by atoms with van der Waals surface area (Å²) in [6, 6.07) is 7.36. The molecule has 0 aliphatic carbocycles. The monoisotopic (exact) mass is 334 g/mol. The summed E-state index contributed by atoms with van der Waals surface area (Å²) in [5, 5.41) is 14.3. The van der Waals surface area contributed by atoms with Gasteiger partial charge in [0.1, 0.15) is 35.9 Å². The molecule has 0 saturated heterocycles. The minimum atomic E-state index is 0.611. The Morgan fingerprint density at radius 1 is 0.960 bits per heavy atom. The average Bonchev–Trinajstić information content (AvgIpc) is 3.09. The maximum absolute atomic E-state index is 5.43. The second-order valence-corrected chi connectivity index (χ2v) is 5.14. The van der Waals surface area contributed by atoms with Crippen LogP contribution in [0.4, 0.5) is 23.1 Å². The van der Waals surface area contributed by atoms with Gasteiger partial charge in [-0.25, -0.2) is 19.9 Å². The number of nitrogens with one attached hydrogen (secondary N) is 3. The van der Waals surface area contributed by atoms with Crippen LogP contribution in [0.5, 0.6) is 5.75 Å². The van der Waals surface area contributed by atoms with Crippen LogP contribution in [-0.4, -0.2) is 37.2 Å². The maximum Gasteiger partial charge on any atom is 0.144 e. The molecule has 0 fully saturated rings. The third-order valence-electron chi connectivity index (χ3n) is 3.53. The summed E-state index contributed by atoms with van der Waals surface area (Å²) in [4.78, 5) is 16.4. The van der Waals surface area contributed by atoms with E-state index in [0.717, 1.165) is 16.6 Å². The van der Waals surface area contributed by atoms with Gasteiger partial charge in [-0.3, -0.25) is 5.10 Å². The van der Waals surface area contributed by atoms with Crippen LogP contribution < -0.4 is 15.4 Å². The van der Waals surface area contributed by atoms with Crippen LogP contribution >= 0.6 is 0 Å². The van der Waals surface area contributed by atoms with E-state index in [4.69, 9.17) is 4.74 Å². The molecule has 0 atom stereocenters. The normalized spacial score (nSPS) is 10.6. The Labute approximate surface area is 142 Å². The number of methoxy groups -OCH3 is 1. The van der Waals surface area contributed by atoms with Gasteiger partial charge in [-0.05, 0) is 12.1 Å². The minimum Gasteiger partial charge on any atom is -0.494 e. The van der Waals surface area contributed by atoms with Crippen LogP contribution in [-0.2, 0) is 0 Å². The van der Waals surface area contributed by atoms with E-state index < -0.39 is 0 Å². The maximum atomic E-state index is 5.43. The van der Waals surface area contributed by atoms with E-state index in [2.05, 4.69) is 40.8 Å². The second-order valence-electron chi connectivity index (χ2n) is 5.14. The fourth-order valence-electron chi connectivity index (χ4n) is 2.37. The number of H-pyrrole nitrogens is 1. The summed E-state index contributed by atoms with van der Waals surface area (Å²) in [7, 11) is 1.62. The Kier molecular flexibility index (Phi) is 3.79. The molecule has 25 heavy (non-hydrogen) atoms. The number of hydrogen-bond acceptors (Lipinski definition) is 8. The van der Waals surface area contributed by atoms with Crippen LogP contribution in [0, 0.1) is 0 Å². The highest BCUT2D eigenvalue weighted by atomic mass is 16.5. The number of rotatable bonds is 5. The van der Waals surface area contributed by atoms with Crippen molar-refractivity contribution in [3.8, 4) is 5.75 Å². The van der Waals surface area contributed by atoms with Crippen molar-refractivity contribution < 1.29 is 4.74 Å². The Balaban J connectivity index is 1.61. The highest BCUT2D eigenvalue weighted by Gasteiger charge is 2.09. The van der Waals surface area contributed by atoms with E-state index in [1.54, 1.807) is 31.6 Å². The Morgan fingerprint density at radius 3 is 2.60 bits per heavy atom. The Bertz CT molecular complexity index is 1000. The van der Waals surface area contributed by atoms with Gasteiger partial charge < -0.3 is 15.4 Å². The molecule has 0 saturated carbocycles. The number of fused-ring (bicyclic) bond motifs is 1. The molecule has 3 heterocycles. The van der Waals surface area contributed by atoms with Crippen molar-refractivity contribution in [2.45, 2.75) is 0 Å². The number of hydrogen-bond donors (Lipinski definition) is 3. The quantitative estimate of drug-likeness (QED) is 0.510. The zero-order valence-corrected chi connectivity index (χ0v) is 13.3. The largest absolute Gasteiger partial charge is 0.494 e. The summed E-state index contributed by atoms with van der Waals surface area (Å²) in [5.41, 5.74) is 1.68. The van der Waals surface area contributed by atoms with Crippen LogP contribution in [0.1, 0.15) is 0 Å². The predicted octanol–water partition coefficient (Wildman–Crippen LogP) is 2.64. The van der Waals surface area contributed by atoms with E-state index >= 15 is 0 Å². The van der Waals surface area contributed by atoms with Crippen molar-refractivity contribution in [1.82, 2.24) is 30.1 Å². The average molecular weight is 334 g/mol. The number of anilines is 4. The minimum absolute atomic E-state index is 0.611. The van der Waals surface area contributed by atoms with Crippen molar-refractivity contribution in [3.63, 3.8) is 0 Å². The second kappa shape index (κ2) is 6.40. The van der Waals surface area contributed by atoms with Crippen molar-refractivity contribution in [1.29, 1.82) is 0 Å². The van der Waals surface area contributed by atoms with Crippen molar-refractivity contribution in [3.05, 3.63) is 49.3 Å². The van der Waals surface area contributed by atoms with Gasteiger partial charge in [-0.2, -0.15) is 5.10 Å². The molecule has 0 amide bonds. The molecule has 4 rings (SSSR count). The molecule has 3 N–H and O–H groups in total. The molecule has 0 spiro atoms. The third kappa shape index (κ3) is 3.15. The SMILES string of the molecule is COc1cc2[nH]ncc2cc1Nc1cc(Nc2ccncn2)ncn1. The summed E-state index contributed by atoms with van der Waals surface area (Å²) in [6.07, 6.45) is 6.34. The lowest BCUT2D eigenvalue weighted by atomic mass is 10.2. The van der Waals surface area contributed by atoms with E-state index in [0.29, 0.717) is 23.2 Å². The summed E-state index contributed by atoms with van der Waals surface area (Å²) in [5.74, 6) is 2.56. The van der Waals surface area contributed by atoms with Gasteiger partial charge in [0.15, 0.2) is 0 Å². The zero-order valence-electron chi connectivity index (χ0n) is 13.3. The third-order valence-corrected chi connectivity index (χ3v) is 3.53. The number of benzene rings is 1. The Hall–Kier alpha value is -3.75.